The highest BCUT2D eigenvalue weighted by molar-refractivity contribution is 5.97. The van der Waals surface area contributed by atoms with E-state index in [0.717, 1.165) is 11.3 Å². The van der Waals surface area contributed by atoms with Crippen LogP contribution in [-0.2, 0) is 4.79 Å². The maximum atomic E-state index is 12.2. The third-order valence-electron chi connectivity index (χ3n) is 3.75. The molecule has 0 bridgehead atoms. The van der Waals surface area contributed by atoms with Crippen LogP contribution in [-0.4, -0.2) is 30.1 Å². The summed E-state index contributed by atoms with van der Waals surface area (Å²) in [5.74, 6) is 0.0457. The van der Waals surface area contributed by atoms with Crippen LogP contribution in [0, 0.1) is 13.8 Å². The molecule has 1 aromatic carbocycles. The van der Waals surface area contributed by atoms with Gasteiger partial charge in [0.1, 0.15) is 0 Å². The fourth-order valence-corrected chi connectivity index (χ4v) is 2.51. The first kappa shape index (κ1) is 16.3. The molecule has 120 valence electrons. The number of benzene rings is 1. The molecule has 0 aliphatic carbocycles. The second-order valence-corrected chi connectivity index (χ2v) is 7.02. The molecule has 3 amide bonds. The molecule has 1 fully saturated rings. The first-order valence-corrected chi connectivity index (χ1v) is 7.62. The minimum Gasteiger partial charge on any atom is -0.334 e. The van der Waals surface area contributed by atoms with Crippen LogP contribution in [0.1, 0.15) is 38.3 Å². The van der Waals surface area contributed by atoms with Crippen LogP contribution >= 0.6 is 0 Å². The van der Waals surface area contributed by atoms with Crippen molar-refractivity contribution in [1.82, 2.24) is 10.6 Å². The number of aryl methyl sites for hydroxylation is 2. The quantitative estimate of drug-likeness (QED) is 0.882. The van der Waals surface area contributed by atoms with Crippen LogP contribution in [0.2, 0.25) is 0 Å². The topological polar surface area (TPSA) is 61.4 Å². The zero-order chi connectivity index (χ0) is 16.5. The first-order chi connectivity index (χ1) is 10.2. The number of carbonyl (C=O) groups is 2. The van der Waals surface area contributed by atoms with E-state index in [1.165, 1.54) is 5.56 Å². The first-order valence-electron chi connectivity index (χ1n) is 7.62. The van der Waals surface area contributed by atoms with Crippen molar-refractivity contribution < 1.29 is 9.59 Å². The molecule has 1 aromatic rings. The van der Waals surface area contributed by atoms with E-state index in [1.54, 1.807) is 4.90 Å². The molecule has 22 heavy (non-hydrogen) atoms. The van der Waals surface area contributed by atoms with Crippen LogP contribution in [0.25, 0.3) is 0 Å². The Balaban J connectivity index is 2.01. The van der Waals surface area contributed by atoms with Gasteiger partial charge in [-0.15, -0.1) is 0 Å². The Morgan fingerprint density at radius 1 is 1.23 bits per heavy atom. The summed E-state index contributed by atoms with van der Waals surface area (Å²) in [6, 6.07) is 5.61. The number of urea groups is 1. The SMILES string of the molecule is Cc1ccc(N2C[C@H](NC(=O)NC(C)(C)C)CC2=O)cc1C. The van der Waals surface area contributed by atoms with Gasteiger partial charge in [0.2, 0.25) is 5.91 Å². The Morgan fingerprint density at radius 2 is 1.91 bits per heavy atom. The molecular formula is C17H25N3O2. The van der Waals surface area contributed by atoms with Crippen molar-refractivity contribution in [1.29, 1.82) is 0 Å². The zero-order valence-corrected chi connectivity index (χ0v) is 14.0. The van der Waals surface area contributed by atoms with Crippen LogP contribution < -0.4 is 15.5 Å². The van der Waals surface area contributed by atoms with Gasteiger partial charge in [-0.05, 0) is 57.9 Å². The van der Waals surface area contributed by atoms with Crippen LogP contribution in [0.4, 0.5) is 10.5 Å². The van der Waals surface area contributed by atoms with Gasteiger partial charge in [-0.25, -0.2) is 4.79 Å². The number of nitrogens with one attached hydrogen (secondary N) is 2. The average Bonchev–Trinajstić information content (AvgIpc) is 2.71. The van der Waals surface area contributed by atoms with Crippen molar-refractivity contribution in [2.24, 2.45) is 0 Å². The molecular weight excluding hydrogens is 278 g/mol. The van der Waals surface area contributed by atoms with Gasteiger partial charge in [-0.1, -0.05) is 6.07 Å². The minimum absolute atomic E-state index is 0.0457. The molecule has 1 heterocycles. The summed E-state index contributed by atoms with van der Waals surface area (Å²) < 4.78 is 0. The van der Waals surface area contributed by atoms with Crippen molar-refractivity contribution >= 4 is 17.6 Å². The molecule has 2 N–H and O–H groups in total. The molecule has 0 saturated carbocycles. The molecule has 1 atom stereocenters. The third kappa shape index (κ3) is 4.00. The summed E-state index contributed by atoms with van der Waals surface area (Å²) in [5, 5.41) is 5.73. The third-order valence-corrected chi connectivity index (χ3v) is 3.75. The highest BCUT2D eigenvalue weighted by Crippen LogP contribution is 2.24. The van der Waals surface area contributed by atoms with Crippen LogP contribution in [0.5, 0.6) is 0 Å². The van der Waals surface area contributed by atoms with Gasteiger partial charge in [-0.2, -0.15) is 0 Å². The summed E-state index contributed by atoms with van der Waals surface area (Å²) in [6.07, 6.45) is 0.338. The predicted octanol–water partition coefficient (Wildman–Crippen LogP) is 2.51. The molecule has 1 saturated heterocycles. The molecule has 0 aromatic heterocycles. The number of rotatable bonds is 2. The molecule has 1 aliphatic rings. The monoisotopic (exact) mass is 303 g/mol. The lowest BCUT2D eigenvalue weighted by Crippen LogP contribution is -2.50. The lowest BCUT2D eigenvalue weighted by Gasteiger charge is -2.23. The summed E-state index contributed by atoms with van der Waals surface area (Å²) >= 11 is 0. The number of hydrogen-bond acceptors (Lipinski definition) is 2. The van der Waals surface area contributed by atoms with E-state index in [-0.39, 0.29) is 23.5 Å². The number of carbonyl (C=O) groups excluding carboxylic acids is 2. The number of hydrogen-bond donors (Lipinski definition) is 2. The molecule has 5 nitrogen and oxygen atoms in total. The second-order valence-electron chi connectivity index (χ2n) is 7.02. The van der Waals surface area contributed by atoms with Gasteiger partial charge in [0.05, 0.1) is 6.04 Å². The number of amides is 3. The van der Waals surface area contributed by atoms with E-state index in [0.29, 0.717) is 13.0 Å². The molecule has 0 unspecified atom stereocenters. The van der Waals surface area contributed by atoms with Crippen molar-refractivity contribution in [2.45, 2.75) is 52.6 Å². The fourth-order valence-electron chi connectivity index (χ4n) is 2.51. The van der Waals surface area contributed by atoms with Crippen molar-refractivity contribution in [3.63, 3.8) is 0 Å². The van der Waals surface area contributed by atoms with Crippen molar-refractivity contribution in [3.8, 4) is 0 Å². The van der Waals surface area contributed by atoms with E-state index >= 15 is 0 Å². The Labute approximate surface area is 132 Å². The van der Waals surface area contributed by atoms with Gasteiger partial charge in [0.25, 0.3) is 0 Å². The van der Waals surface area contributed by atoms with Gasteiger partial charge in [0.15, 0.2) is 0 Å². The van der Waals surface area contributed by atoms with E-state index in [9.17, 15) is 9.59 Å². The van der Waals surface area contributed by atoms with E-state index in [1.807, 2.05) is 52.8 Å². The Bertz CT molecular complexity index is 590. The molecule has 5 heteroatoms. The lowest BCUT2D eigenvalue weighted by atomic mass is 10.1. The van der Waals surface area contributed by atoms with Crippen molar-refractivity contribution in [3.05, 3.63) is 29.3 Å². The molecule has 1 aliphatic heterocycles. The lowest BCUT2D eigenvalue weighted by molar-refractivity contribution is -0.117. The molecule has 2 rings (SSSR count). The standard InChI is InChI=1S/C17H25N3O2/c1-11-6-7-14(8-12(11)2)20-10-13(9-15(20)21)18-16(22)19-17(3,4)5/h6-8,13H,9-10H2,1-5H3,(H2,18,19,22)/t13-/m1/s1. The van der Waals surface area contributed by atoms with E-state index < -0.39 is 0 Å². The van der Waals surface area contributed by atoms with Gasteiger partial charge in [-0.3, -0.25) is 4.79 Å². The van der Waals surface area contributed by atoms with E-state index in [4.69, 9.17) is 0 Å². The highest BCUT2D eigenvalue weighted by atomic mass is 16.2. The van der Waals surface area contributed by atoms with Crippen LogP contribution in [0.3, 0.4) is 0 Å². The number of anilines is 1. The van der Waals surface area contributed by atoms with E-state index in [2.05, 4.69) is 10.6 Å². The minimum atomic E-state index is -0.291. The second kappa shape index (κ2) is 5.99. The molecule has 0 radical (unpaired) electrons. The van der Waals surface area contributed by atoms with Crippen LogP contribution in [0.15, 0.2) is 18.2 Å². The van der Waals surface area contributed by atoms with Gasteiger partial charge < -0.3 is 15.5 Å². The summed E-state index contributed by atoms with van der Waals surface area (Å²) in [6.45, 7) is 10.4. The Kier molecular flexibility index (Phi) is 4.44. The van der Waals surface area contributed by atoms with Crippen molar-refractivity contribution in [2.75, 3.05) is 11.4 Å². The summed E-state index contributed by atoms with van der Waals surface area (Å²) in [5.41, 5.74) is 2.97. The largest absolute Gasteiger partial charge is 0.334 e. The van der Waals surface area contributed by atoms with Gasteiger partial charge in [0, 0.05) is 24.2 Å². The average molecular weight is 303 g/mol. The summed E-state index contributed by atoms with van der Waals surface area (Å²) in [4.78, 5) is 25.9. The Hall–Kier alpha value is -2.04. The predicted molar refractivity (Wildman–Crippen MR) is 88.1 cm³/mol. The maximum absolute atomic E-state index is 12.2. The highest BCUT2D eigenvalue weighted by Gasteiger charge is 2.32. The normalized spacial score (nSPS) is 18.5. The summed E-state index contributed by atoms with van der Waals surface area (Å²) in [7, 11) is 0. The molecule has 0 spiro atoms. The smallest absolute Gasteiger partial charge is 0.315 e. The fraction of sp³-hybridized carbons (Fsp3) is 0.529. The zero-order valence-electron chi connectivity index (χ0n) is 14.0. The maximum Gasteiger partial charge on any atom is 0.315 e. The Morgan fingerprint density at radius 3 is 2.50 bits per heavy atom. The number of nitrogens with zero attached hydrogens (tertiary/aromatic N) is 1. The van der Waals surface area contributed by atoms with Gasteiger partial charge >= 0.3 is 6.03 Å².